The van der Waals surface area contributed by atoms with E-state index < -0.39 is 9.84 Å². The number of hydrogen-bond acceptors (Lipinski definition) is 4. The van der Waals surface area contributed by atoms with Crippen LogP contribution in [0.25, 0.3) is 0 Å². The van der Waals surface area contributed by atoms with Gasteiger partial charge in [0.1, 0.15) is 0 Å². The molecule has 0 aromatic rings. The Morgan fingerprint density at radius 1 is 1.31 bits per heavy atom. The molecule has 1 saturated heterocycles. The molecule has 0 saturated carbocycles. The van der Waals surface area contributed by atoms with Crippen molar-refractivity contribution in [2.45, 2.75) is 32.2 Å². The van der Waals surface area contributed by atoms with E-state index in [0.717, 1.165) is 25.9 Å². The van der Waals surface area contributed by atoms with E-state index in [4.69, 9.17) is 0 Å². The van der Waals surface area contributed by atoms with E-state index in [1.165, 1.54) is 0 Å². The van der Waals surface area contributed by atoms with E-state index in [9.17, 15) is 8.42 Å². The van der Waals surface area contributed by atoms with Crippen LogP contribution in [-0.4, -0.2) is 57.0 Å². The number of rotatable bonds is 5. The van der Waals surface area contributed by atoms with Crippen molar-refractivity contribution in [1.82, 2.24) is 10.2 Å². The molecule has 0 unspecified atom stereocenters. The minimum atomic E-state index is -2.81. The Kier molecular flexibility index (Phi) is 4.76. The third-order valence-corrected chi connectivity index (χ3v) is 5.41. The number of sulfone groups is 1. The molecule has 0 amide bonds. The van der Waals surface area contributed by atoms with Crippen molar-refractivity contribution in [2.75, 3.05) is 38.2 Å². The molecule has 0 aromatic carbocycles. The lowest BCUT2D eigenvalue weighted by Crippen LogP contribution is -2.50. The molecule has 0 aliphatic carbocycles. The Hall–Kier alpha value is -0.130. The van der Waals surface area contributed by atoms with Crippen LogP contribution >= 0.6 is 0 Å². The average molecular weight is 248 g/mol. The van der Waals surface area contributed by atoms with Gasteiger partial charge >= 0.3 is 0 Å². The highest BCUT2D eigenvalue weighted by Gasteiger charge is 2.28. The zero-order chi connectivity index (χ0) is 12.2. The van der Waals surface area contributed by atoms with E-state index in [0.29, 0.717) is 12.3 Å². The molecule has 0 radical (unpaired) electrons. The lowest BCUT2D eigenvalue weighted by atomic mass is 9.90. The molecule has 1 aliphatic rings. The summed E-state index contributed by atoms with van der Waals surface area (Å²) in [4.78, 5) is 2.26. The summed E-state index contributed by atoms with van der Waals surface area (Å²) in [6.45, 7) is 6.62. The lowest BCUT2D eigenvalue weighted by Gasteiger charge is -2.39. The molecule has 1 heterocycles. The van der Waals surface area contributed by atoms with Gasteiger partial charge in [-0.15, -0.1) is 0 Å². The molecule has 0 spiro atoms. The summed E-state index contributed by atoms with van der Waals surface area (Å²) in [5, 5.41) is 3.34. The molecule has 4 nitrogen and oxygen atoms in total. The molecule has 96 valence electrons. The number of nitrogens with zero attached hydrogens (tertiary/aromatic N) is 1. The Morgan fingerprint density at radius 2 is 1.88 bits per heavy atom. The second kappa shape index (κ2) is 5.47. The van der Waals surface area contributed by atoms with Gasteiger partial charge in [0.15, 0.2) is 9.84 Å². The van der Waals surface area contributed by atoms with Gasteiger partial charge in [-0.3, -0.25) is 0 Å². The number of likely N-dealkylation sites (tertiary alicyclic amines) is 1. The highest BCUT2D eigenvalue weighted by molar-refractivity contribution is 7.91. The Balaban J connectivity index is 2.33. The van der Waals surface area contributed by atoms with Crippen molar-refractivity contribution in [2.24, 2.45) is 0 Å². The molecule has 5 heteroatoms. The van der Waals surface area contributed by atoms with Crippen LogP contribution in [0.3, 0.4) is 0 Å². The van der Waals surface area contributed by atoms with Gasteiger partial charge in [0.05, 0.1) is 5.75 Å². The third kappa shape index (κ3) is 4.03. The standard InChI is InChI=1S/C11H24N2O2S/c1-4-16(14,15)10-9-13-7-5-11(2,12-3)6-8-13/h12H,4-10H2,1-3H3. The predicted molar refractivity (Wildman–Crippen MR) is 67.5 cm³/mol. The molecule has 0 aromatic heterocycles. The maximum Gasteiger partial charge on any atom is 0.151 e. The van der Waals surface area contributed by atoms with Gasteiger partial charge in [-0.1, -0.05) is 6.92 Å². The van der Waals surface area contributed by atoms with Crippen LogP contribution in [0.5, 0.6) is 0 Å². The number of nitrogens with one attached hydrogen (secondary N) is 1. The van der Waals surface area contributed by atoms with Gasteiger partial charge in [-0.05, 0) is 39.9 Å². The summed E-state index contributed by atoms with van der Waals surface area (Å²) in [7, 11) is -0.813. The Morgan fingerprint density at radius 3 is 2.31 bits per heavy atom. The molecule has 16 heavy (non-hydrogen) atoms. The topological polar surface area (TPSA) is 49.4 Å². The summed E-state index contributed by atoms with van der Waals surface area (Å²) in [5.41, 5.74) is 0.236. The lowest BCUT2D eigenvalue weighted by molar-refractivity contribution is 0.159. The van der Waals surface area contributed by atoms with Gasteiger partial charge in [0, 0.05) is 17.8 Å². The summed E-state index contributed by atoms with van der Waals surface area (Å²) in [6.07, 6.45) is 2.19. The second-order valence-corrected chi connectivity index (χ2v) is 7.36. The van der Waals surface area contributed by atoms with Gasteiger partial charge in [-0.25, -0.2) is 8.42 Å². The highest BCUT2D eigenvalue weighted by Crippen LogP contribution is 2.20. The van der Waals surface area contributed by atoms with Crippen LogP contribution in [0.2, 0.25) is 0 Å². The maximum absolute atomic E-state index is 11.4. The van der Waals surface area contributed by atoms with Crippen molar-refractivity contribution in [3.63, 3.8) is 0 Å². The first-order valence-corrected chi connectivity index (χ1v) is 7.84. The van der Waals surface area contributed by atoms with E-state index >= 15 is 0 Å². The van der Waals surface area contributed by atoms with Crippen molar-refractivity contribution < 1.29 is 8.42 Å². The quantitative estimate of drug-likeness (QED) is 0.769. The third-order valence-electron chi connectivity index (χ3n) is 3.72. The number of hydrogen-bond donors (Lipinski definition) is 1. The predicted octanol–water partition coefficient (Wildman–Crippen LogP) is 0.495. The first kappa shape index (κ1) is 13.9. The van der Waals surface area contributed by atoms with E-state index in [-0.39, 0.29) is 11.3 Å². The van der Waals surface area contributed by atoms with Crippen molar-refractivity contribution in [3.05, 3.63) is 0 Å². The fraction of sp³-hybridized carbons (Fsp3) is 1.00. The summed E-state index contributed by atoms with van der Waals surface area (Å²) < 4.78 is 22.8. The SMILES string of the molecule is CCS(=O)(=O)CCN1CCC(C)(NC)CC1. The molecule has 1 N–H and O–H groups in total. The van der Waals surface area contributed by atoms with E-state index in [2.05, 4.69) is 17.1 Å². The fourth-order valence-corrected chi connectivity index (χ4v) is 2.76. The van der Waals surface area contributed by atoms with Crippen LogP contribution in [0.4, 0.5) is 0 Å². The summed E-state index contributed by atoms with van der Waals surface area (Å²) in [5.74, 6) is 0.564. The van der Waals surface area contributed by atoms with Gasteiger partial charge < -0.3 is 10.2 Å². The molecular formula is C11H24N2O2S. The molecule has 1 fully saturated rings. The largest absolute Gasteiger partial charge is 0.314 e. The van der Waals surface area contributed by atoms with Crippen LogP contribution in [0.1, 0.15) is 26.7 Å². The first-order valence-electron chi connectivity index (χ1n) is 6.02. The molecule has 1 aliphatic heterocycles. The Bertz CT molecular complexity index is 306. The summed E-state index contributed by atoms with van der Waals surface area (Å²) in [6, 6.07) is 0. The monoisotopic (exact) mass is 248 g/mol. The Labute approximate surface area is 99.3 Å². The maximum atomic E-state index is 11.4. The van der Waals surface area contributed by atoms with Gasteiger partial charge in [0.25, 0.3) is 0 Å². The van der Waals surface area contributed by atoms with Crippen molar-refractivity contribution in [3.8, 4) is 0 Å². The smallest absolute Gasteiger partial charge is 0.151 e. The minimum absolute atomic E-state index is 0.236. The second-order valence-electron chi connectivity index (χ2n) is 4.89. The fourth-order valence-electron chi connectivity index (χ4n) is 1.93. The normalized spacial score (nSPS) is 22.2. The minimum Gasteiger partial charge on any atom is -0.314 e. The van der Waals surface area contributed by atoms with Crippen LogP contribution in [0, 0.1) is 0 Å². The molecular weight excluding hydrogens is 224 g/mol. The highest BCUT2D eigenvalue weighted by atomic mass is 32.2. The summed E-state index contributed by atoms with van der Waals surface area (Å²) >= 11 is 0. The zero-order valence-electron chi connectivity index (χ0n) is 10.6. The molecule has 0 atom stereocenters. The van der Waals surface area contributed by atoms with Crippen LogP contribution < -0.4 is 5.32 Å². The van der Waals surface area contributed by atoms with Crippen LogP contribution in [-0.2, 0) is 9.84 Å². The molecule has 0 bridgehead atoms. The van der Waals surface area contributed by atoms with Crippen molar-refractivity contribution >= 4 is 9.84 Å². The van der Waals surface area contributed by atoms with Gasteiger partial charge in [0.2, 0.25) is 0 Å². The van der Waals surface area contributed by atoms with Gasteiger partial charge in [-0.2, -0.15) is 0 Å². The zero-order valence-corrected chi connectivity index (χ0v) is 11.4. The molecule has 1 rings (SSSR count). The van der Waals surface area contributed by atoms with E-state index in [1.807, 2.05) is 7.05 Å². The van der Waals surface area contributed by atoms with Crippen molar-refractivity contribution in [1.29, 1.82) is 0 Å². The first-order chi connectivity index (χ1) is 7.41. The van der Waals surface area contributed by atoms with E-state index in [1.54, 1.807) is 6.92 Å². The number of piperidine rings is 1. The van der Waals surface area contributed by atoms with Crippen LogP contribution in [0.15, 0.2) is 0 Å². The average Bonchev–Trinajstić information content (AvgIpc) is 2.29.